The van der Waals surface area contributed by atoms with E-state index in [2.05, 4.69) is 20.9 Å². The summed E-state index contributed by atoms with van der Waals surface area (Å²) in [6, 6.07) is 6.01. The molecule has 0 aliphatic rings. The Morgan fingerprint density at radius 1 is 1.40 bits per heavy atom. The molecular weight excluding hydrogens is 274 g/mol. The van der Waals surface area contributed by atoms with Gasteiger partial charge in [0.1, 0.15) is 5.76 Å². The second-order valence-electron chi connectivity index (χ2n) is 3.10. The SMILES string of the molecule is Cc1occc1SCc1ccc(Br)cn1. The maximum absolute atomic E-state index is 5.22. The number of hydrogen-bond acceptors (Lipinski definition) is 3. The predicted octanol–water partition coefficient (Wildman–Crippen LogP) is 4.04. The molecule has 0 radical (unpaired) electrons. The Morgan fingerprint density at radius 3 is 2.87 bits per heavy atom. The first kappa shape index (κ1) is 10.8. The number of aromatic nitrogens is 1. The van der Waals surface area contributed by atoms with E-state index in [1.165, 1.54) is 4.90 Å². The highest BCUT2D eigenvalue weighted by Gasteiger charge is 2.02. The second kappa shape index (κ2) is 4.86. The molecular formula is C11H10BrNOS. The van der Waals surface area contributed by atoms with Crippen molar-refractivity contribution in [3.63, 3.8) is 0 Å². The number of halogens is 1. The van der Waals surface area contributed by atoms with E-state index in [9.17, 15) is 0 Å². The van der Waals surface area contributed by atoms with Gasteiger partial charge in [0, 0.05) is 21.3 Å². The van der Waals surface area contributed by atoms with Crippen LogP contribution in [0.5, 0.6) is 0 Å². The standard InChI is InChI=1S/C11H10BrNOS/c1-8-11(4-5-14-8)15-7-10-3-2-9(12)6-13-10/h2-6H,7H2,1H3. The fraction of sp³-hybridized carbons (Fsp3) is 0.182. The molecule has 0 fully saturated rings. The van der Waals surface area contributed by atoms with E-state index < -0.39 is 0 Å². The van der Waals surface area contributed by atoms with E-state index in [1.807, 2.05) is 31.3 Å². The number of hydrogen-bond donors (Lipinski definition) is 0. The summed E-state index contributed by atoms with van der Waals surface area (Å²) in [7, 11) is 0. The molecule has 0 unspecified atom stereocenters. The zero-order valence-electron chi connectivity index (χ0n) is 8.24. The lowest BCUT2D eigenvalue weighted by atomic mass is 10.4. The van der Waals surface area contributed by atoms with Gasteiger partial charge in [0.2, 0.25) is 0 Å². The maximum atomic E-state index is 5.22. The molecule has 0 bridgehead atoms. The van der Waals surface area contributed by atoms with Gasteiger partial charge in [-0.15, -0.1) is 11.8 Å². The molecule has 0 aromatic carbocycles. The molecule has 4 heteroatoms. The normalized spacial score (nSPS) is 10.5. The average Bonchev–Trinajstić information content (AvgIpc) is 2.63. The number of rotatable bonds is 3. The van der Waals surface area contributed by atoms with Crippen molar-refractivity contribution in [3.8, 4) is 0 Å². The van der Waals surface area contributed by atoms with Crippen molar-refractivity contribution < 1.29 is 4.42 Å². The third kappa shape index (κ3) is 2.86. The number of nitrogens with zero attached hydrogens (tertiary/aromatic N) is 1. The first-order valence-corrected chi connectivity index (χ1v) is 6.31. The lowest BCUT2D eigenvalue weighted by molar-refractivity contribution is 0.527. The molecule has 0 saturated heterocycles. The van der Waals surface area contributed by atoms with Crippen molar-refractivity contribution in [2.45, 2.75) is 17.6 Å². The summed E-state index contributed by atoms with van der Waals surface area (Å²) in [5, 5.41) is 0. The Bertz CT molecular complexity index is 438. The van der Waals surface area contributed by atoms with Crippen LogP contribution in [0.25, 0.3) is 0 Å². The Hall–Kier alpha value is -0.740. The Kier molecular flexibility index (Phi) is 3.49. The third-order valence-electron chi connectivity index (χ3n) is 1.98. The van der Waals surface area contributed by atoms with Gasteiger partial charge >= 0.3 is 0 Å². The van der Waals surface area contributed by atoms with Crippen molar-refractivity contribution in [2.24, 2.45) is 0 Å². The average molecular weight is 284 g/mol. The predicted molar refractivity (Wildman–Crippen MR) is 64.9 cm³/mol. The largest absolute Gasteiger partial charge is 0.468 e. The van der Waals surface area contributed by atoms with E-state index in [0.29, 0.717) is 0 Å². The smallest absolute Gasteiger partial charge is 0.114 e. The van der Waals surface area contributed by atoms with E-state index in [-0.39, 0.29) is 0 Å². The molecule has 78 valence electrons. The summed E-state index contributed by atoms with van der Waals surface area (Å²) in [5.41, 5.74) is 1.07. The van der Waals surface area contributed by atoms with Crippen LogP contribution in [0.2, 0.25) is 0 Å². The summed E-state index contributed by atoms with van der Waals surface area (Å²) in [5.74, 6) is 1.84. The summed E-state index contributed by atoms with van der Waals surface area (Å²) >= 11 is 5.10. The monoisotopic (exact) mass is 283 g/mol. The minimum absolute atomic E-state index is 0.869. The van der Waals surface area contributed by atoms with Crippen LogP contribution in [0.1, 0.15) is 11.5 Å². The fourth-order valence-corrected chi connectivity index (χ4v) is 2.28. The van der Waals surface area contributed by atoms with Gasteiger partial charge < -0.3 is 4.42 Å². The van der Waals surface area contributed by atoms with Crippen molar-refractivity contribution in [3.05, 3.63) is 46.6 Å². The third-order valence-corrected chi connectivity index (χ3v) is 3.62. The molecule has 0 N–H and O–H groups in total. The Morgan fingerprint density at radius 2 is 2.27 bits per heavy atom. The zero-order chi connectivity index (χ0) is 10.7. The summed E-state index contributed by atoms with van der Waals surface area (Å²) in [6.07, 6.45) is 3.53. The number of furan rings is 1. The summed E-state index contributed by atoms with van der Waals surface area (Å²) in [6.45, 7) is 1.97. The van der Waals surface area contributed by atoms with Gasteiger partial charge in [-0.05, 0) is 41.1 Å². The van der Waals surface area contributed by atoms with Crippen LogP contribution in [0, 0.1) is 6.92 Å². The quantitative estimate of drug-likeness (QED) is 0.796. The number of pyridine rings is 1. The Balaban J connectivity index is 1.99. The van der Waals surface area contributed by atoms with E-state index in [1.54, 1.807) is 18.0 Å². The number of aryl methyl sites for hydroxylation is 1. The van der Waals surface area contributed by atoms with Gasteiger partial charge in [-0.2, -0.15) is 0 Å². The van der Waals surface area contributed by atoms with Gasteiger partial charge in [0.05, 0.1) is 12.0 Å². The highest BCUT2D eigenvalue weighted by Crippen LogP contribution is 2.26. The van der Waals surface area contributed by atoms with Gasteiger partial charge in [-0.1, -0.05) is 0 Å². The molecule has 0 amide bonds. The minimum atomic E-state index is 0.869. The molecule has 2 aromatic rings. The molecule has 2 nitrogen and oxygen atoms in total. The lowest BCUT2D eigenvalue weighted by Crippen LogP contribution is -1.85. The molecule has 15 heavy (non-hydrogen) atoms. The van der Waals surface area contributed by atoms with Crippen molar-refractivity contribution in [1.82, 2.24) is 4.98 Å². The van der Waals surface area contributed by atoms with Crippen LogP contribution in [-0.4, -0.2) is 4.98 Å². The van der Waals surface area contributed by atoms with Gasteiger partial charge in [0.15, 0.2) is 0 Å². The van der Waals surface area contributed by atoms with E-state index in [4.69, 9.17) is 4.42 Å². The van der Waals surface area contributed by atoms with Crippen molar-refractivity contribution >= 4 is 27.7 Å². The second-order valence-corrected chi connectivity index (χ2v) is 5.03. The van der Waals surface area contributed by atoms with Gasteiger partial charge in [0.25, 0.3) is 0 Å². The first-order chi connectivity index (χ1) is 7.25. The molecule has 0 aliphatic heterocycles. The molecule has 0 saturated carbocycles. The summed E-state index contributed by atoms with van der Waals surface area (Å²) in [4.78, 5) is 5.49. The minimum Gasteiger partial charge on any atom is -0.468 e. The molecule has 2 rings (SSSR count). The van der Waals surface area contributed by atoms with Crippen LogP contribution in [0.4, 0.5) is 0 Å². The molecule has 0 aliphatic carbocycles. The number of thioether (sulfide) groups is 1. The van der Waals surface area contributed by atoms with Crippen LogP contribution < -0.4 is 0 Å². The first-order valence-electron chi connectivity index (χ1n) is 4.53. The van der Waals surface area contributed by atoms with Crippen LogP contribution in [-0.2, 0) is 5.75 Å². The zero-order valence-corrected chi connectivity index (χ0v) is 10.6. The molecule has 2 aromatic heterocycles. The van der Waals surface area contributed by atoms with Crippen LogP contribution in [0.15, 0.2) is 44.4 Å². The highest BCUT2D eigenvalue weighted by molar-refractivity contribution is 9.10. The van der Waals surface area contributed by atoms with E-state index in [0.717, 1.165) is 21.7 Å². The topological polar surface area (TPSA) is 26.0 Å². The fourth-order valence-electron chi connectivity index (χ4n) is 1.17. The lowest BCUT2D eigenvalue weighted by Gasteiger charge is -1.99. The van der Waals surface area contributed by atoms with Gasteiger partial charge in [-0.3, -0.25) is 4.98 Å². The van der Waals surface area contributed by atoms with E-state index >= 15 is 0 Å². The van der Waals surface area contributed by atoms with Crippen LogP contribution in [0.3, 0.4) is 0 Å². The highest BCUT2D eigenvalue weighted by atomic mass is 79.9. The van der Waals surface area contributed by atoms with Crippen LogP contribution >= 0.6 is 27.7 Å². The Labute approximate surface area is 101 Å². The molecule has 2 heterocycles. The molecule has 0 spiro atoms. The maximum Gasteiger partial charge on any atom is 0.114 e. The van der Waals surface area contributed by atoms with Crippen molar-refractivity contribution in [2.75, 3.05) is 0 Å². The molecule has 0 atom stereocenters. The summed E-state index contributed by atoms with van der Waals surface area (Å²) < 4.78 is 6.23. The van der Waals surface area contributed by atoms with Crippen molar-refractivity contribution in [1.29, 1.82) is 0 Å². The van der Waals surface area contributed by atoms with Gasteiger partial charge in [-0.25, -0.2) is 0 Å².